The van der Waals surface area contributed by atoms with Crippen molar-refractivity contribution in [3.05, 3.63) is 23.3 Å². The molecule has 0 bridgehead atoms. The summed E-state index contributed by atoms with van der Waals surface area (Å²) in [4.78, 5) is 26.6. The van der Waals surface area contributed by atoms with Gasteiger partial charge < -0.3 is 20.3 Å². The molecule has 1 spiro atoms. The van der Waals surface area contributed by atoms with Crippen LogP contribution >= 0.6 is 0 Å². The second-order valence-electron chi connectivity index (χ2n) is 8.11. The summed E-state index contributed by atoms with van der Waals surface area (Å²) in [6.45, 7) is 10.6. The van der Waals surface area contributed by atoms with Gasteiger partial charge in [0, 0.05) is 13.1 Å². The number of nitrogens with one attached hydrogen (secondary N) is 2. The lowest BCUT2D eigenvalue weighted by molar-refractivity contribution is -0.122. The zero-order valence-electron chi connectivity index (χ0n) is 15.7. The molecular formula is C19H27N3O3. The van der Waals surface area contributed by atoms with Gasteiger partial charge in [0.05, 0.1) is 11.4 Å². The molecule has 2 heterocycles. The predicted octanol–water partition coefficient (Wildman–Crippen LogP) is 3.44. The molecule has 6 nitrogen and oxygen atoms in total. The number of likely N-dealkylation sites (tertiary alicyclic amines) is 1. The summed E-state index contributed by atoms with van der Waals surface area (Å²) >= 11 is 0. The van der Waals surface area contributed by atoms with Crippen molar-refractivity contribution in [1.82, 2.24) is 4.90 Å². The molecule has 2 amide bonds. The Morgan fingerprint density at radius 3 is 2.24 bits per heavy atom. The Morgan fingerprint density at radius 1 is 1.12 bits per heavy atom. The van der Waals surface area contributed by atoms with Gasteiger partial charge in [-0.25, -0.2) is 4.79 Å². The minimum atomic E-state index is -0.660. The normalized spacial score (nSPS) is 19.1. The molecule has 2 N–H and O–H groups in total. The maximum Gasteiger partial charge on any atom is 0.410 e. The van der Waals surface area contributed by atoms with Crippen LogP contribution in [-0.2, 0) is 9.53 Å². The van der Waals surface area contributed by atoms with Crippen LogP contribution in [-0.4, -0.2) is 41.1 Å². The fraction of sp³-hybridized carbons (Fsp3) is 0.579. The maximum absolute atomic E-state index is 12.7. The average Bonchev–Trinajstić information content (AvgIpc) is 2.50. The maximum atomic E-state index is 12.7. The van der Waals surface area contributed by atoms with E-state index in [2.05, 4.69) is 23.6 Å². The van der Waals surface area contributed by atoms with Crippen molar-refractivity contribution in [2.24, 2.45) is 0 Å². The molecule has 0 aliphatic carbocycles. The van der Waals surface area contributed by atoms with Gasteiger partial charge in [-0.05, 0) is 70.7 Å². The smallest absolute Gasteiger partial charge is 0.410 e. The Bertz CT molecular complexity index is 713. The summed E-state index contributed by atoms with van der Waals surface area (Å²) in [7, 11) is 0. The SMILES string of the molecule is Cc1cc2c(cc1C)NC1(CCN(C(=O)OC(C)(C)C)CC1)C(=O)N2. The summed E-state index contributed by atoms with van der Waals surface area (Å²) in [6.07, 6.45) is 0.806. The Labute approximate surface area is 148 Å². The molecule has 1 fully saturated rings. The molecule has 3 rings (SSSR count). The highest BCUT2D eigenvalue weighted by Gasteiger charge is 2.45. The van der Waals surface area contributed by atoms with E-state index in [9.17, 15) is 9.59 Å². The molecule has 6 heteroatoms. The number of piperidine rings is 1. The van der Waals surface area contributed by atoms with Gasteiger partial charge >= 0.3 is 6.09 Å². The van der Waals surface area contributed by atoms with E-state index < -0.39 is 11.1 Å². The van der Waals surface area contributed by atoms with Gasteiger partial charge in [0.2, 0.25) is 5.91 Å². The summed E-state index contributed by atoms with van der Waals surface area (Å²) < 4.78 is 5.43. The second kappa shape index (κ2) is 5.93. The van der Waals surface area contributed by atoms with Gasteiger partial charge in [-0.1, -0.05) is 0 Å². The number of hydrogen-bond donors (Lipinski definition) is 2. The number of carbonyl (C=O) groups excluding carboxylic acids is 2. The standard InChI is InChI=1S/C19H27N3O3/c1-12-10-14-15(11-13(12)2)21-19(16(23)20-14)6-8-22(9-7-19)17(24)25-18(3,4)5/h10-11,21H,6-9H2,1-5H3,(H,20,23). The number of ether oxygens (including phenoxy) is 1. The number of nitrogens with zero attached hydrogens (tertiary/aromatic N) is 1. The van der Waals surface area contributed by atoms with Gasteiger partial charge in [0.1, 0.15) is 11.1 Å². The number of hydrogen-bond acceptors (Lipinski definition) is 4. The Hall–Kier alpha value is -2.24. The van der Waals surface area contributed by atoms with Crippen LogP contribution in [0.25, 0.3) is 0 Å². The molecule has 1 aromatic carbocycles. The third-order valence-corrected chi connectivity index (χ3v) is 4.96. The first-order valence-electron chi connectivity index (χ1n) is 8.78. The topological polar surface area (TPSA) is 70.7 Å². The van der Waals surface area contributed by atoms with E-state index in [0.717, 1.165) is 16.9 Å². The van der Waals surface area contributed by atoms with Crippen molar-refractivity contribution >= 4 is 23.4 Å². The van der Waals surface area contributed by atoms with Crippen molar-refractivity contribution in [1.29, 1.82) is 0 Å². The van der Waals surface area contributed by atoms with Gasteiger partial charge in [-0.15, -0.1) is 0 Å². The summed E-state index contributed by atoms with van der Waals surface area (Å²) in [6, 6.07) is 4.07. The van der Waals surface area contributed by atoms with Crippen LogP contribution in [0.3, 0.4) is 0 Å². The first-order chi connectivity index (χ1) is 11.6. The van der Waals surface area contributed by atoms with Gasteiger partial charge in [0.15, 0.2) is 0 Å². The largest absolute Gasteiger partial charge is 0.444 e. The molecule has 2 aliphatic heterocycles. The Morgan fingerprint density at radius 2 is 1.68 bits per heavy atom. The number of fused-ring (bicyclic) bond motifs is 1. The van der Waals surface area contributed by atoms with E-state index in [1.807, 2.05) is 33.8 Å². The van der Waals surface area contributed by atoms with Crippen molar-refractivity contribution in [3.8, 4) is 0 Å². The van der Waals surface area contributed by atoms with E-state index >= 15 is 0 Å². The molecule has 136 valence electrons. The number of benzene rings is 1. The monoisotopic (exact) mass is 345 g/mol. The van der Waals surface area contributed by atoms with Crippen LogP contribution in [0.1, 0.15) is 44.7 Å². The second-order valence-corrected chi connectivity index (χ2v) is 8.11. The lowest BCUT2D eigenvalue weighted by Gasteiger charge is -2.44. The number of carbonyl (C=O) groups is 2. The quantitative estimate of drug-likeness (QED) is 0.756. The highest BCUT2D eigenvalue weighted by Crippen LogP contribution is 2.38. The molecule has 0 radical (unpaired) electrons. The van der Waals surface area contributed by atoms with E-state index in [-0.39, 0.29) is 12.0 Å². The highest BCUT2D eigenvalue weighted by atomic mass is 16.6. The highest BCUT2D eigenvalue weighted by molar-refractivity contribution is 6.06. The number of amides is 2. The van der Waals surface area contributed by atoms with Crippen LogP contribution in [0.2, 0.25) is 0 Å². The van der Waals surface area contributed by atoms with Crippen molar-refractivity contribution in [3.63, 3.8) is 0 Å². The van der Waals surface area contributed by atoms with E-state index in [4.69, 9.17) is 4.74 Å². The number of rotatable bonds is 0. The summed E-state index contributed by atoms with van der Waals surface area (Å²) in [5.74, 6) is -0.0212. The fourth-order valence-electron chi connectivity index (χ4n) is 3.33. The molecule has 0 saturated carbocycles. The third kappa shape index (κ3) is 3.43. The van der Waals surface area contributed by atoms with E-state index in [1.165, 1.54) is 5.56 Å². The first kappa shape index (κ1) is 17.6. The number of aryl methyl sites for hydroxylation is 2. The molecular weight excluding hydrogens is 318 g/mol. The minimum Gasteiger partial charge on any atom is -0.444 e. The fourth-order valence-corrected chi connectivity index (χ4v) is 3.33. The Balaban J connectivity index is 1.73. The van der Waals surface area contributed by atoms with Crippen molar-refractivity contribution < 1.29 is 14.3 Å². The van der Waals surface area contributed by atoms with E-state index in [0.29, 0.717) is 25.9 Å². The molecule has 2 aliphatic rings. The van der Waals surface area contributed by atoms with Crippen LogP contribution in [0, 0.1) is 13.8 Å². The third-order valence-electron chi connectivity index (χ3n) is 4.96. The van der Waals surface area contributed by atoms with Gasteiger partial charge in [0.25, 0.3) is 0 Å². The Kier molecular flexibility index (Phi) is 4.17. The van der Waals surface area contributed by atoms with Crippen LogP contribution in [0.5, 0.6) is 0 Å². The van der Waals surface area contributed by atoms with Crippen LogP contribution in [0.15, 0.2) is 12.1 Å². The lowest BCUT2D eigenvalue weighted by atomic mass is 9.84. The molecule has 25 heavy (non-hydrogen) atoms. The molecule has 0 atom stereocenters. The lowest BCUT2D eigenvalue weighted by Crippen LogP contribution is -2.59. The number of anilines is 2. The minimum absolute atomic E-state index is 0.0212. The zero-order valence-corrected chi connectivity index (χ0v) is 15.7. The van der Waals surface area contributed by atoms with Gasteiger partial charge in [-0.2, -0.15) is 0 Å². The zero-order chi connectivity index (χ0) is 18.4. The average molecular weight is 345 g/mol. The first-order valence-corrected chi connectivity index (χ1v) is 8.78. The molecule has 0 aromatic heterocycles. The van der Waals surface area contributed by atoms with E-state index in [1.54, 1.807) is 4.90 Å². The van der Waals surface area contributed by atoms with Crippen molar-refractivity contribution in [2.45, 2.75) is 58.6 Å². The van der Waals surface area contributed by atoms with Crippen molar-refractivity contribution in [2.75, 3.05) is 23.7 Å². The predicted molar refractivity (Wildman–Crippen MR) is 97.9 cm³/mol. The molecule has 1 aromatic rings. The summed E-state index contributed by atoms with van der Waals surface area (Å²) in [5, 5.41) is 6.48. The molecule has 0 unspecified atom stereocenters. The molecule has 1 saturated heterocycles. The summed E-state index contributed by atoms with van der Waals surface area (Å²) in [5.41, 5.74) is 2.94. The van der Waals surface area contributed by atoms with Gasteiger partial charge in [-0.3, -0.25) is 4.79 Å². The van der Waals surface area contributed by atoms with Crippen LogP contribution < -0.4 is 10.6 Å². The van der Waals surface area contributed by atoms with Crippen LogP contribution in [0.4, 0.5) is 16.2 Å².